The van der Waals surface area contributed by atoms with E-state index in [9.17, 15) is 9.59 Å². The van der Waals surface area contributed by atoms with E-state index in [0.29, 0.717) is 16.4 Å². The quantitative estimate of drug-likeness (QED) is 0.707. The van der Waals surface area contributed by atoms with Crippen LogP contribution in [-0.2, 0) is 9.59 Å². The largest absolute Gasteiger partial charge is 0.346 e. The first kappa shape index (κ1) is 21.0. The van der Waals surface area contributed by atoms with E-state index in [1.165, 1.54) is 0 Å². The van der Waals surface area contributed by atoms with Crippen molar-refractivity contribution in [3.05, 3.63) is 41.7 Å². The van der Waals surface area contributed by atoms with Gasteiger partial charge in [-0.15, -0.1) is 12.4 Å². The van der Waals surface area contributed by atoms with E-state index in [-0.39, 0.29) is 36.7 Å². The monoisotopic (exact) mass is 385 g/mol. The number of nitrogens with two attached hydrogens (primary N) is 1. The van der Waals surface area contributed by atoms with Gasteiger partial charge in [-0.3, -0.25) is 9.59 Å². The number of nitrogens with one attached hydrogen (secondary N) is 2. The Labute approximate surface area is 157 Å². The second kappa shape index (κ2) is 9.41. The molecule has 0 saturated carbocycles. The fourth-order valence-corrected chi connectivity index (χ4v) is 2.24. The molecule has 4 N–H and O–H groups in total. The SMILES string of the molecule is CC(C)[C@H](N)C(=O)NCC(=O)Nc1ccc(-n2cccn2)c(Cl)c1.Cl. The van der Waals surface area contributed by atoms with Crippen LogP contribution >= 0.6 is 24.0 Å². The molecule has 0 saturated heterocycles. The second-order valence-electron chi connectivity index (χ2n) is 5.65. The maximum atomic E-state index is 11.9. The van der Waals surface area contributed by atoms with Gasteiger partial charge in [0.1, 0.15) is 0 Å². The van der Waals surface area contributed by atoms with Gasteiger partial charge in [-0.05, 0) is 30.2 Å². The summed E-state index contributed by atoms with van der Waals surface area (Å²) in [4.78, 5) is 23.6. The van der Waals surface area contributed by atoms with Crippen LogP contribution < -0.4 is 16.4 Å². The molecule has 2 amide bonds. The fourth-order valence-electron chi connectivity index (χ4n) is 1.97. The number of rotatable bonds is 6. The molecule has 0 fully saturated rings. The van der Waals surface area contributed by atoms with Crippen molar-refractivity contribution in [2.24, 2.45) is 11.7 Å². The number of anilines is 1. The highest BCUT2D eigenvalue weighted by molar-refractivity contribution is 6.32. The number of carbonyl (C=O) groups excluding carboxylic acids is 2. The third-order valence-electron chi connectivity index (χ3n) is 3.43. The third kappa shape index (κ3) is 5.74. The summed E-state index contributed by atoms with van der Waals surface area (Å²) >= 11 is 6.21. The molecule has 0 aliphatic carbocycles. The van der Waals surface area contributed by atoms with Gasteiger partial charge in [-0.1, -0.05) is 25.4 Å². The summed E-state index contributed by atoms with van der Waals surface area (Å²) in [5.41, 5.74) is 6.95. The van der Waals surface area contributed by atoms with Crippen molar-refractivity contribution in [2.45, 2.75) is 19.9 Å². The van der Waals surface area contributed by atoms with Crippen LogP contribution in [0.25, 0.3) is 5.69 Å². The number of nitrogens with zero attached hydrogens (tertiary/aromatic N) is 2. The fraction of sp³-hybridized carbons (Fsp3) is 0.312. The summed E-state index contributed by atoms with van der Waals surface area (Å²) in [6.07, 6.45) is 3.42. The summed E-state index contributed by atoms with van der Waals surface area (Å²) in [5, 5.41) is 9.73. The van der Waals surface area contributed by atoms with Crippen molar-refractivity contribution in [1.82, 2.24) is 15.1 Å². The standard InChI is InChI=1S/C16H20ClN5O2.ClH/c1-10(2)15(18)16(24)19-9-14(23)21-11-4-5-13(12(17)8-11)22-7-3-6-20-22;/h3-8,10,15H,9,18H2,1-2H3,(H,19,24)(H,21,23);1H/t15-;/m0./s1. The zero-order valence-electron chi connectivity index (χ0n) is 13.9. The van der Waals surface area contributed by atoms with Crippen LogP contribution in [0.1, 0.15) is 13.8 Å². The van der Waals surface area contributed by atoms with Crippen LogP contribution in [0.15, 0.2) is 36.7 Å². The number of aromatic nitrogens is 2. The molecule has 136 valence electrons. The Hall–Kier alpha value is -2.09. The second-order valence-corrected chi connectivity index (χ2v) is 6.06. The van der Waals surface area contributed by atoms with Crippen LogP contribution in [0.3, 0.4) is 0 Å². The van der Waals surface area contributed by atoms with Crippen molar-refractivity contribution in [3.63, 3.8) is 0 Å². The van der Waals surface area contributed by atoms with Crippen LogP contribution in [-0.4, -0.2) is 34.2 Å². The number of hydrogen-bond donors (Lipinski definition) is 3. The van der Waals surface area contributed by atoms with Gasteiger partial charge in [-0.25, -0.2) is 4.68 Å². The molecule has 9 heteroatoms. The first-order chi connectivity index (χ1) is 11.4. The van der Waals surface area contributed by atoms with E-state index < -0.39 is 6.04 Å². The number of hydrogen-bond acceptors (Lipinski definition) is 4. The van der Waals surface area contributed by atoms with Crippen molar-refractivity contribution in [3.8, 4) is 5.69 Å². The molecule has 1 atom stereocenters. The minimum absolute atomic E-state index is 0. The summed E-state index contributed by atoms with van der Waals surface area (Å²) < 4.78 is 1.63. The topological polar surface area (TPSA) is 102 Å². The van der Waals surface area contributed by atoms with Crippen LogP contribution in [0.2, 0.25) is 5.02 Å². The van der Waals surface area contributed by atoms with Crippen LogP contribution in [0, 0.1) is 5.92 Å². The Kier molecular flexibility index (Phi) is 7.89. The maximum absolute atomic E-state index is 11.9. The molecular formula is C16H21Cl2N5O2. The molecule has 2 rings (SSSR count). The number of halogens is 2. The molecule has 0 aliphatic heterocycles. The molecule has 1 heterocycles. The molecule has 0 aliphatic rings. The lowest BCUT2D eigenvalue weighted by Gasteiger charge is -2.15. The van der Waals surface area contributed by atoms with Crippen molar-refractivity contribution in [1.29, 1.82) is 0 Å². The Bertz CT molecular complexity index is 719. The van der Waals surface area contributed by atoms with Gasteiger partial charge in [0.05, 0.1) is 23.3 Å². The molecule has 0 unspecified atom stereocenters. The zero-order valence-corrected chi connectivity index (χ0v) is 15.5. The minimum atomic E-state index is -0.638. The number of carbonyl (C=O) groups is 2. The van der Waals surface area contributed by atoms with E-state index >= 15 is 0 Å². The lowest BCUT2D eigenvalue weighted by Crippen LogP contribution is -2.46. The highest BCUT2D eigenvalue weighted by atomic mass is 35.5. The summed E-state index contributed by atoms with van der Waals surface area (Å²) in [7, 11) is 0. The molecule has 0 bridgehead atoms. The van der Waals surface area contributed by atoms with E-state index in [1.807, 2.05) is 13.8 Å². The third-order valence-corrected chi connectivity index (χ3v) is 3.73. The van der Waals surface area contributed by atoms with Gasteiger partial charge in [0, 0.05) is 18.1 Å². The van der Waals surface area contributed by atoms with Crippen LogP contribution in [0.5, 0.6) is 0 Å². The van der Waals surface area contributed by atoms with E-state index in [2.05, 4.69) is 15.7 Å². The summed E-state index contributed by atoms with van der Waals surface area (Å²) in [5.74, 6) is -0.712. The lowest BCUT2D eigenvalue weighted by atomic mass is 10.1. The van der Waals surface area contributed by atoms with Crippen molar-refractivity contribution < 1.29 is 9.59 Å². The zero-order chi connectivity index (χ0) is 17.7. The predicted octanol–water partition coefficient (Wildman–Crippen LogP) is 1.99. The van der Waals surface area contributed by atoms with Gasteiger partial charge < -0.3 is 16.4 Å². The average molecular weight is 386 g/mol. The Morgan fingerprint density at radius 3 is 2.64 bits per heavy atom. The normalized spacial score (nSPS) is 11.6. The highest BCUT2D eigenvalue weighted by Crippen LogP contribution is 2.23. The first-order valence-electron chi connectivity index (χ1n) is 7.51. The summed E-state index contributed by atoms with van der Waals surface area (Å²) in [6.45, 7) is 3.53. The molecule has 2 aromatic rings. The Balaban J connectivity index is 0.00000312. The molecule has 7 nitrogen and oxygen atoms in total. The number of benzene rings is 1. The van der Waals surface area contributed by atoms with Crippen molar-refractivity contribution >= 4 is 41.5 Å². The molecule has 1 aromatic carbocycles. The van der Waals surface area contributed by atoms with Crippen LogP contribution in [0.4, 0.5) is 5.69 Å². The molecule has 0 spiro atoms. The van der Waals surface area contributed by atoms with Gasteiger partial charge >= 0.3 is 0 Å². The smallest absolute Gasteiger partial charge is 0.243 e. The molecular weight excluding hydrogens is 365 g/mol. The Morgan fingerprint density at radius 2 is 2.08 bits per heavy atom. The molecule has 25 heavy (non-hydrogen) atoms. The maximum Gasteiger partial charge on any atom is 0.243 e. The summed E-state index contributed by atoms with van der Waals surface area (Å²) in [6, 6.07) is 6.23. The minimum Gasteiger partial charge on any atom is -0.346 e. The van der Waals surface area contributed by atoms with E-state index in [4.69, 9.17) is 17.3 Å². The van der Waals surface area contributed by atoms with E-state index in [1.54, 1.807) is 41.3 Å². The predicted molar refractivity (Wildman–Crippen MR) is 100 cm³/mol. The number of amides is 2. The average Bonchev–Trinajstić information content (AvgIpc) is 3.06. The lowest BCUT2D eigenvalue weighted by molar-refractivity contribution is -0.125. The Morgan fingerprint density at radius 1 is 1.36 bits per heavy atom. The van der Waals surface area contributed by atoms with Crippen molar-refractivity contribution in [2.75, 3.05) is 11.9 Å². The van der Waals surface area contributed by atoms with Gasteiger partial charge in [0.25, 0.3) is 0 Å². The first-order valence-corrected chi connectivity index (χ1v) is 7.89. The van der Waals surface area contributed by atoms with Gasteiger partial charge in [-0.2, -0.15) is 5.10 Å². The molecule has 1 aromatic heterocycles. The van der Waals surface area contributed by atoms with Gasteiger partial charge in [0.2, 0.25) is 11.8 Å². The highest BCUT2D eigenvalue weighted by Gasteiger charge is 2.17. The molecule has 0 radical (unpaired) electrons. The van der Waals surface area contributed by atoms with Gasteiger partial charge in [0.15, 0.2) is 0 Å². The van der Waals surface area contributed by atoms with E-state index in [0.717, 1.165) is 0 Å².